The summed E-state index contributed by atoms with van der Waals surface area (Å²) in [6.45, 7) is 3.98. The highest BCUT2D eigenvalue weighted by Gasteiger charge is 2.23. The average molecular weight is 311 g/mol. The first-order chi connectivity index (χ1) is 9.93. The summed E-state index contributed by atoms with van der Waals surface area (Å²) in [7, 11) is 0. The van der Waals surface area contributed by atoms with E-state index in [0.29, 0.717) is 12.8 Å². The summed E-state index contributed by atoms with van der Waals surface area (Å²) in [5, 5.41) is 2.72. The molecule has 1 aromatic carbocycles. The summed E-state index contributed by atoms with van der Waals surface area (Å²) >= 11 is 5.59. The normalized spacial score (nSPS) is 13.8. The lowest BCUT2D eigenvalue weighted by atomic mass is 9.99. The number of benzene rings is 1. The SMILES string of the molecule is CC(C)CC(NC(=O)C(N)Cc1ccccc1)C(=O)CCl. The smallest absolute Gasteiger partial charge is 0.237 e. The molecule has 0 aliphatic carbocycles. The summed E-state index contributed by atoms with van der Waals surface area (Å²) in [6.07, 6.45) is 1.01. The van der Waals surface area contributed by atoms with Gasteiger partial charge in [-0.25, -0.2) is 0 Å². The molecule has 1 rings (SSSR count). The average Bonchev–Trinajstić information content (AvgIpc) is 2.46. The number of carbonyl (C=O) groups is 2. The predicted molar refractivity (Wildman–Crippen MR) is 85.2 cm³/mol. The third-order valence-corrected chi connectivity index (χ3v) is 3.44. The molecule has 0 saturated heterocycles. The fraction of sp³-hybridized carbons (Fsp3) is 0.500. The Kier molecular flexibility index (Phi) is 7.40. The van der Waals surface area contributed by atoms with E-state index >= 15 is 0 Å². The number of alkyl halides is 1. The van der Waals surface area contributed by atoms with Crippen LogP contribution < -0.4 is 11.1 Å². The van der Waals surface area contributed by atoms with E-state index in [0.717, 1.165) is 5.56 Å². The van der Waals surface area contributed by atoms with E-state index in [9.17, 15) is 9.59 Å². The number of hydrogen-bond acceptors (Lipinski definition) is 3. The first kappa shape index (κ1) is 17.7. The Bertz CT molecular complexity index is 463. The zero-order valence-electron chi connectivity index (χ0n) is 12.5. The molecule has 21 heavy (non-hydrogen) atoms. The van der Waals surface area contributed by atoms with Crippen molar-refractivity contribution in [2.45, 2.75) is 38.8 Å². The van der Waals surface area contributed by atoms with Crippen molar-refractivity contribution in [2.24, 2.45) is 11.7 Å². The Labute approximate surface area is 131 Å². The topological polar surface area (TPSA) is 72.2 Å². The van der Waals surface area contributed by atoms with Crippen molar-refractivity contribution in [1.29, 1.82) is 0 Å². The van der Waals surface area contributed by atoms with Crippen LogP contribution in [0.5, 0.6) is 0 Å². The minimum absolute atomic E-state index is 0.106. The quantitative estimate of drug-likeness (QED) is 0.720. The number of halogens is 1. The molecule has 0 bridgehead atoms. The predicted octanol–water partition coefficient (Wildman–Crippen LogP) is 1.90. The van der Waals surface area contributed by atoms with Gasteiger partial charge in [0.2, 0.25) is 5.91 Å². The second-order valence-corrected chi connectivity index (χ2v) is 5.85. The molecule has 0 radical (unpaired) electrons. The highest BCUT2D eigenvalue weighted by atomic mass is 35.5. The zero-order chi connectivity index (χ0) is 15.8. The Morgan fingerprint density at radius 1 is 1.24 bits per heavy atom. The maximum atomic E-state index is 12.1. The molecule has 1 amide bonds. The second kappa shape index (κ2) is 8.80. The lowest BCUT2D eigenvalue weighted by Gasteiger charge is -2.21. The van der Waals surface area contributed by atoms with Gasteiger partial charge in [-0.2, -0.15) is 0 Å². The van der Waals surface area contributed by atoms with Gasteiger partial charge in [0.05, 0.1) is 18.0 Å². The second-order valence-electron chi connectivity index (χ2n) is 5.59. The first-order valence-electron chi connectivity index (χ1n) is 7.12. The minimum atomic E-state index is -0.676. The van der Waals surface area contributed by atoms with E-state index in [2.05, 4.69) is 5.32 Å². The van der Waals surface area contributed by atoms with E-state index in [1.54, 1.807) is 0 Å². The molecular weight excluding hydrogens is 288 g/mol. The Balaban J connectivity index is 2.61. The maximum absolute atomic E-state index is 12.1. The molecule has 116 valence electrons. The molecule has 0 aliphatic rings. The van der Waals surface area contributed by atoms with Gasteiger partial charge < -0.3 is 11.1 Å². The van der Waals surface area contributed by atoms with Crippen LogP contribution in [0, 0.1) is 5.92 Å². The third kappa shape index (κ3) is 6.27. The van der Waals surface area contributed by atoms with Crippen molar-refractivity contribution >= 4 is 23.3 Å². The molecule has 5 heteroatoms. The van der Waals surface area contributed by atoms with Crippen molar-refractivity contribution < 1.29 is 9.59 Å². The van der Waals surface area contributed by atoms with Gasteiger partial charge >= 0.3 is 0 Å². The molecule has 0 spiro atoms. The van der Waals surface area contributed by atoms with Crippen molar-refractivity contribution in [3.63, 3.8) is 0 Å². The summed E-state index contributed by atoms with van der Waals surface area (Å²) in [5.41, 5.74) is 6.90. The monoisotopic (exact) mass is 310 g/mol. The van der Waals surface area contributed by atoms with E-state index < -0.39 is 12.1 Å². The van der Waals surface area contributed by atoms with Gasteiger partial charge in [-0.1, -0.05) is 44.2 Å². The molecule has 4 nitrogen and oxygen atoms in total. The highest BCUT2D eigenvalue weighted by Crippen LogP contribution is 2.08. The van der Waals surface area contributed by atoms with E-state index in [1.165, 1.54) is 0 Å². The van der Waals surface area contributed by atoms with Crippen LogP contribution in [-0.4, -0.2) is 29.7 Å². The summed E-state index contributed by atoms with van der Waals surface area (Å²) < 4.78 is 0. The first-order valence-corrected chi connectivity index (χ1v) is 7.66. The number of nitrogens with one attached hydrogen (secondary N) is 1. The molecule has 0 aromatic heterocycles. The van der Waals surface area contributed by atoms with Crippen LogP contribution >= 0.6 is 11.6 Å². The molecule has 0 heterocycles. The van der Waals surface area contributed by atoms with Gasteiger partial charge in [-0.05, 0) is 24.3 Å². The Hall–Kier alpha value is -1.39. The molecule has 2 atom stereocenters. The van der Waals surface area contributed by atoms with Crippen molar-refractivity contribution in [2.75, 3.05) is 5.88 Å². The van der Waals surface area contributed by atoms with Crippen molar-refractivity contribution in [3.8, 4) is 0 Å². The third-order valence-electron chi connectivity index (χ3n) is 3.18. The summed E-state index contributed by atoms with van der Waals surface area (Å²) in [6, 6.07) is 8.32. The summed E-state index contributed by atoms with van der Waals surface area (Å²) in [5.74, 6) is -0.313. The number of ketones is 1. The van der Waals surface area contributed by atoms with Gasteiger partial charge in [0.25, 0.3) is 0 Å². The molecule has 3 N–H and O–H groups in total. The van der Waals surface area contributed by atoms with Gasteiger partial charge in [0.15, 0.2) is 5.78 Å². The number of nitrogens with two attached hydrogens (primary N) is 1. The molecule has 0 fully saturated rings. The summed E-state index contributed by atoms with van der Waals surface area (Å²) in [4.78, 5) is 23.9. The standard InChI is InChI=1S/C16H23ClN2O2/c1-11(2)8-14(15(20)10-17)19-16(21)13(18)9-12-6-4-3-5-7-12/h3-7,11,13-14H,8-10,18H2,1-2H3,(H,19,21). The van der Waals surface area contributed by atoms with E-state index in [4.69, 9.17) is 17.3 Å². The van der Waals surface area contributed by atoms with E-state index in [1.807, 2.05) is 44.2 Å². The van der Waals surface area contributed by atoms with Crippen LogP contribution in [0.25, 0.3) is 0 Å². The molecule has 0 saturated carbocycles. The largest absolute Gasteiger partial charge is 0.345 e. The van der Waals surface area contributed by atoms with E-state index in [-0.39, 0.29) is 23.5 Å². The van der Waals surface area contributed by atoms with Crippen molar-refractivity contribution in [1.82, 2.24) is 5.32 Å². The molecule has 2 unspecified atom stereocenters. The van der Waals surface area contributed by atoms with Gasteiger partial charge in [-0.15, -0.1) is 11.6 Å². The van der Waals surface area contributed by atoms with Crippen molar-refractivity contribution in [3.05, 3.63) is 35.9 Å². The van der Waals surface area contributed by atoms with Gasteiger partial charge in [0, 0.05) is 0 Å². The molecule has 0 aliphatic heterocycles. The van der Waals surface area contributed by atoms with Crippen LogP contribution in [0.4, 0.5) is 0 Å². The van der Waals surface area contributed by atoms with Crippen LogP contribution in [0.2, 0.25) is 0 Å². The van der Waals surface area contributed by atoms with Crippen LogP contribution in [0.15, 0.2) is 30.3 Å². The Morgan fingerprint density at radius 3 is 2.38 bits per heavy atom. The maximum Gasteiger partial charge on any atom is 0.237 e. The molecule has 1 aromatic rings. The van der Waals surface area contributed by atoms with Crippen LogP contribution in [-0.2, 0) is 16.0 Å². The molecular formula is C16H23ClN2O2. The number of carbonyl (C=O) groups excluding carboxylic acids is 2. The number of Topliss-reactive ketones (excluding diaryl/α,β-unsaturated/α-hetero) is 1. The number of amides is 1. The highest BCUT2D eigenvalue weighted by molar-refractivity contribution is 6.28. The number of rotatable bonds is 8. The lowest BCUT2D eigenvalue weighted by molar-refractivity contribution is -0.127. The minimum Gasteiger partial charge on any atom is -0.345 e. The van der Waals surface area contributed by atoms with Gasteiger partial charge in [0.1, 0.15) is 0 Å². The fourth-order valence-corrected chi connectivity index (χ4v) is 2.26. The fourth-order valence-electron chi connectivity index (χ4n) is 2.07. The van der Waals surface area contributed by atoms with Gasteiger partial charge in [-0.3, -0.25) is 9.59 Å². The zero-order valence-corrected chi connectivity index (χ0v) is 13.3. The van der Waals surface area contributed by atoms with Crippen LogP contribution in [0.1, 0.15) is 25.8 Å². The number of hydrogen-bond donors (Lipinski definition) is 2. The Morgan fingerprint density at radius 2 is 1.86 bits per heavy atom. The lowest BCUT2D eigenvalue weighted by Crippen LogP contribution is -2.50. The van der Waals surface area contributed by atoms with Crippen LogP contribution in [0.3, 0.4) is 0 Å².